The van der Waals surface area contributed by atoms with E-state index < -0.39 is 0 Å². The Morgan fingerprint density at radius 2 is 2.39 bits per heavy atom. The molecule has 0 bridgehead atoms. The summed E-state index contributed by atoms with van der Waals surface area (Å²) in [5.74, 6) is 2.41. The molecular formula is C11H14BrClN2O2S. The largest absolute Gasteiger partial charge is 0.496 e. The molecule has 18 heavy (non-hydrogen) atoms. The number of hydrogen-bond acceptors (Lipinski definition) is 4. The lowest BCUT2D eigenvalue weighted by Gasteiger charge is -2.11. The third-order valence-electron chi connectivity index (χ3n) is 2.45. The Kier molecular flexibility index (Phi) is 6.28. The normalized spacial score (nSPS) is 18.0. The first-order chi connectivity index (χ1) is 8.20. The number of thioether (sulfide) groups is 1. The standard InChI is InChI=1S/C11H13BrN2O2S.ClH/c1-16-10-3-2-7(4-8(10)12)14-11(15)9-5-17-6-13-9;/h2-4,9,13H,5-6H2,1H3,(H,14,15);1H. The van der Waals surface area contributed by atoms with Gasteiger partial charge in [-0.2, -0.15) is 0 Å². The first-order valence-corrected chi connectivity index (χ1v) is 7.11. The van der Waals surface area contributed by atoms with E-state index in [4.69, 9.17) is 4.74 Å². The molecule has 1 aliphatic rings. The monoisotopic (exact) mass is 352 g/mol. The fourth-order valence-corrected chi connectivity index (χ4v) is 3.02. The van der Waals surface area contributed by atoms with Gasteiger partial charge in [0.1, 0.15) is 5.75 Å². The lowest BCUT2D eigenvalue weighted by Crippen LogP contribution is -2.37. The van der Waals surface area contributed by atoms with Crippen molar-refractivity contribution in [2.45, 2.75) is 6.04 Å². The van der Waals surface area contributed by atoms with E-state index in [1.54, 1.807) is 18.9 Å². The van der Waals surface area contributed by atoms with E-state index in [9.17, 15) is 4.79 Å². The molecule has 1 unspecified atom stereocenters. The number of hydrogen-bond donors (Lipinski definition) is 2. The number of carbonyl (C=O) groups excluding carboxylic acids is 1. The van der Waals surface area contributed by atoms with E-state index >= 15 is 0 Å². The molecule has 2 rings (SSSR count). The highest BCUT2D eigenvalue weighted by Gasteiger charge is 2.22. The average Bonchev–Trinajstić information content (AvgIpc) is 2.82. The zero-order valence-corrected chi connectivity index (χ0v) is 13.0. The van der Waals surface area contributed by atoms with Gasteiger partial charge in [0.05, 0.1) is 17.6 Å². The van der Waals surface area contributed by atoms with Crippen LogP contribution in [0.4, 0.5) is 5.69 Å². The highest BCUT2D eigenvalue weighted by atomic mass is 79.9. The Morgan fingerprint density at radius 3 is 2.94 bits per heavy atom. The Labute approximate surface area is 125 Å². The summed E-state index contributed by atoms with van der Waals surface area (Å²) < 4.78 is 5.95. The number of carbonyl (C=O) groups is 1. The number of methoxy groups -OCH3 is 1. The average molecular weight is 354 g/mol. The number of halogens is 2. The van der Waals surface area contributed by atoms with Crippen LogP contribution in [-0.2, 0) is 4.79 Å². The summed E-state index contributed by atoms with van der Waals surface area (Å²) in [6, 6.07) is 5.37. The van der Waals surface area contributed by atoms with Crippen molar-refractivity contribution in [2.24, 2.45) is 0 Å². The first kappa shape index (κ1) is 15.6. The van der Waals surface area contributed by atoms with E-state index in [-0.39, 0.29) is 24.4 Å². The van der Waals surface area contributed by atoms with Crippen molar-refractivity contribution in [3.05, 3.63) is 22.7 Å². The van der Waals surface area contributed by atoms with Crippen LogP contribution in [0.3, 0.4) is 0 Å². The maximum atomic E-state index is 11.8. The Balaban J connectivity index is 0.00000162. The van der Waals surface area contributed by atoms with Crippen LogP contribution in [0, 0.1) is 0 Å². The molecule has 100 valence electrons. The molecule has 0 saturated carbocycles. The summed E-state index contributed by atoms with van der Waals surface area (Å²) in [7, 11) is 1.61. The fraction of sp³-hybridized carbons (Fsp3) is 0.364. The fourth-order valence-electron chi connectivity index (χ4n) is 1.54. The molecule has 1 saturated heterocycles. The van der Waals surface area contributed by atoms with Gasteiger partial charge in [-0.15, -0.1) is 24.2 Å². The maximum absolute atomic E-state index is 11.8. The topological polar surface area (TPSA) is 50.4 Å². The molecule has 1 amide bonds. The molecule has 1 aromatic rings. The number of benzene rings is 1. The van der Waals surface area contributed by atoms with Crippen molar-refractivity contribution in [2.75, 3.05) is 24.1 Å². The minimum absolute atomic E-state index is 0. The molecule has 7 heteroatoms. The highest BCUT2D eigenvalue weighted by molar-refractivity contribution is 9.10. The van der Waals surface area contributed by atoms with E-state index in [1.165, 1.54) is 0 Å². The van der Waals surface area contributed by atoms with Crippen LogP contribution in [0.25, 0.3) is 0 Å². The van der Waals surface area contributed by atoms with E-state index in [0.29, 0.717) is 0 Å². The van der Waals surface area contributed by atoms with Gasteiger partial charge in [0, 0.05) is 17.3 Å². The summed E-state index contributed by atoms with van der Waals surface area (Å²) in [4.78, 5) is 11.8. The number of anilines is 1. The van der Waals surface area contributed by atoms with Crippen molar-refractivity contribution in [1.82, 2.24) is 5.32 Å². The lowest BCUT2D eigenvalue weighted by atomic mass is 10.2. The predicted molar refractivity (Wildman–Crippen MR) is 80.8 cm³/mol. The van der Waals surface area contributed by atoms with Gasteiger partial charge < -0.3 is 10.1 Å². The predicted octanol–water partition coefficient (Wildman–Crippen LogP) is 2.48. The Hall–Kier alpha value is -0.430. The summed E-state index contributed by atoms with van der Waals surface area (Å²) in [5.41, 5.74) is 0.765. The van der Waals surface area contributed by atoms with Gasteiger partial charge in [-0.1, -0.05) is 0 Å². The van der Waals surface area contributed by atoms with Crippen LogP contribution < -0.4 is 15.4 Å². The smallest absolute Gasteiger partial charge is 0.242 e. The molecule has 1 heterocycles. The van der Waals surface area contributed by atoms with Crippen LogP contribution in [0.15, 0.2) is 22.7 Å². The molecule has 0 aliphatic carbocycles. The van der Waals surface area contributed by atoms with Crippen LogP contribution in [0.5, 0.6) is 5.75 Å². The maximum Gasteiger partial charge on any atom is 0.242 e. The number of rotatable bonds is 3. The summed E-state index contributed by atoms with van der Waals surface area (Å²) in [6.07, 6.45) is 0. The van der Waals surface area contributed by atoms with Crippen molar-refractivity contribution in [1.29, 1.82) is 0 Å². The molecule has 1 atom stereocenters. The highest BCUT2D eigenvalue weighted by Crippen LogP contribution is 2.27. The number of amides is 1. The molecule has 1 aliphatic heterocycles. The van der Waals surface area contributed by atoms with Crippen LogP contribution in [0.2, 0.25) is 0 Å². The zero-order chi connectivity index (χ0) is 12.3. The molecule has 0 aromatic heterocycles. The summed E-state index contributed by atoms with van der Waals surface area (Å²) in [5, 5.41) is 6.00. The van der Waals surface area contributed by atoms with Gasteiger partial charge in [0.25, 0.3) is 0 Å². The Morgan fingerprint density at radius 1 is 1.61 bits per heavy atom. The second-order valence-electron chi connectivity index (χ2n) is 3.61. The van der Waals surface area contributed by atoms with Gasteiger partial charge in [-0.25, -0.2) is 0 Å². The van der Waals surface area contributed by atoms with Crippen molar-refractivity contribution >= 4 is 51.7 Å². The number of ether oxygens (including phenoxy) is 1. The van der Waals surface area contributed by atoms with E-state index in [0.717, 1.165) is 27.5 Å². The molecule has 4 nitrogen and oxygen atoms in total. The molecule has 2 N–H and O–H groups in total. The van der Waals surface area contributed by atoms with Crippen molar-refractivity contribution in [3.63, 3.8) is 0 Å². The third-order valence-corrected chi connectivity index (χ3v) is 4.01. The molecular weight excluding hydrogens is 340 g/mol. The first-order valence-electron chi connectivity index (χ1n) is 5.16. The lowest BCUT2D eigenvalue weighted by molar-refractivity contribution is -0.117. The van der Waals surface area contributed by atoms with Crippen molar-refractivity contribution < 1.29 is 9.53 Å². The quantitative estimate of drug-likeness (QED) is 0.876. The van der Waals surface area contributed by atoms with Crippen LogP contribution >= 0.6 is 40.1 Å². The molecule has 1 aromatic carbocycles. The van der Waals surface area contributed by atoms with Crippen molar-refractivity contribution in [3.8, 4) is 5.75 Å². The third kappa shape index (κ3) is 3.78. The molecule has 1 fully saturated rings. The van der Waals surface area contributed by atoms with Crippen LogP contribution in [-0.4, -0.2) is 30.7 Å². The second kappa shape index (κ2) is 7.23. The van der Waals surface area contributed by atoms with Gasteiger partial charge >= 0.3 is 0 Å². The zero-order valence-electron chi connectivity index (χ0n) is 9.73. The van der Waals surface area contributed by atoms with E-state index in [2.05, 4.69) is 26.6 Å². The van der Waals surface area contributed by atoms with Gasteiger partial charge in [-0.3, -0.25) is 10.1 Å². The van der Waals surface area contributed by atoms with E-state index in [1.807, 2.05) is 18.2 Å². The molecule has 0 radical (unpaired) electrons. The number of nitrogens with one attached hydrogen (secondary N) is 2. The van der Waals surface area contributed by atoms with Crippen LogP contribution in [0.1, 0.15) is 0 Å². The molecule has 0 spiro atoms. The SMILES string of the molecule is COc1ccc(NC(=O)C2CSCN2)cc1Br.Cl. The van der Waals surface area contributed by atoms with Gasteiger partial charge in [0.15, 0.2) is 0 Å². The summed E-state index contributed by atoms with van der Waals surface area (Å²) >= 11 is 5.11. The second-order valence-corrected chi connectivity index (χ2v) is 5.50. The van der Waals surface area contributed by atoms with Gasteiger partial charge in [0.2, 0.25) is 5.91 Å². The Bertz CT molecular complexity index is 428. The minimum Gasteiger partial charge on any atom is -0.496 e. The minimum atomic E-state index is -0.0964. The van der Waals surface area contributed by atoms with Gasteiger partial charge in [-0.05, 0) is 34.1 Å². The summed E-state index contributed by atoms with van der Waals surface area (Å²) in [6.45, 7) is 0.